The molecule has 10 amide bonds. The molecule has 28 heteroatoms. The predicted octanol–water partition coefficient (Wildman–Crippen LogP) is -2.14. The van der Waals surface area contributed by atoms with Gasteiger partial charge in [-0.3, -0.25) is 53.4 Å². The summed E-state index contributed by atoms with van der Waals surface area (Å²) in [6.07, 6.45) is 1.01. The fourth-order valence-electron chi connectivity index (χ4n) is 9.13. The van der Waals surface area contributed by atoms with E-state index in [2.05, 4.69) is 63.8 Å². The van der Waals surface area contributed by atoms with E-state index in [9.17, 15) is 63.0 Å². The SMILES string of the molecule is CCC[C@@H]1NC(=O)[C@H](C)NC(=O)[C@H](NC(=O)[C@H](CO)NC(=O)[C@@H](NC(=O)[C@H](NC(=O)[C@@H](CCCNC(=N)N)NC(=O)[C@H](CO)NC(=O)[C@@H](NC(=O)[C@@H](Cc2ccccc2)NC)[C@@H](C)CC)[C@H](C)CC)[C@@H](C)CC)[C@H](C)OC(=O)[C@H]([C@@H](C)CC)NC1=O. The fraction of sp³-hybridized carbons (Fsp3) is 0.690. The second-order valence-electron chi connectivity index (χ2n) is 22.3. The van der Waals surface area contributed by atoms with Crippen LogP contribution in [0.2, 0.25) is 0 Å². The average Bonchev–Trinajstić information content (AvgIpc) is 3.47. The quantitative estimate of drug-likeness (QED) is 0.0155. The molecule has 1 aliphatic rings. The maximum absolute atomic E-state index is 14.5. The number of likely N-dealkylation sites (N-methyl/N-ethyl adjacent to an activating group) is 1. The molecule has 16 atom stereocenters. The first-order chi connectivity index (χ1) is 40.7. The fourth-order valence-corrected chi connectivity index (χ4v) is 9.13. The Labute approximate surface area is 505 Å². The van der Waals surface area contributed by atoms with Gasteiger partial charge in [-0.05, 0) is 75.8 Å². The number of cyclic esters (lactones) is 1. The highest BCUT2D eigenvalue weighted by Crippen LogP contribution is 2.17. The van der Waals surface area contributed by atoms with Crippen molar-refractivity contribution in [3.63, 3.8) is 0 Å². The maximum atomic E-state index is 14.5. The lowest BCUT2D eigenvalue weighted by Gasteiger charge is -2.31. The number of ether oxygens (including phenoxy) is 1. The van der Waals surface area contributed by atoms with E-state index >= 15 is 0 Å². The molecule has 1 saturated heterocycles. The molecule has 1 heterocycles. The van der Waals surface area contributed by atoms with Crippen LogP contribution < -0.4 is 69.5 Å². The monoisotopic (exact) mass is 1210 g/mol. The molecule has 1 aromatic carbocycles. The standard InChI is InChI=1S/C58H98N14O14/c1-13-22-37-48(76)71-45(33(9)17-5)57(85)86-35(11)46(56(84)63-34(10)47(75)64-37)72-52(80)41(29-74)67-54(82)43(31(7)15-3)70-55(83)44(32(8)16-4)68-49(77)38(25-21-26-62-58(59)60)65-51(79)40(28-73)66-53(81)42(30(6)14-2)69-50(78)39(61-12)27-36-23-19-18-20-24-36/h18-20,23-24,30-35,37-46,61,73-74H,13-17,21-22,25-29H2,1-12H3,(H,63,84)(H,64,75)(H,65,79)(H,66,81)(H,67,82)(H,68,77)(H,69,78)(H,70,83)(H,71,76)(H,72,80)(H4,59,60,62)/t30-,31-,32+,33-,34-,35-,37-,38+,39+,40-,41-,42-,43-,44+,45-,46+/m0/s1. The van der Waals surface area contributed by atoms with E-state index in [1.54, 1.807) is 62.4 Å². The maximum Gasteiger partial charge on any atom is 0.329 e. The van der Waals surface area contributed by atoms with Gasteiger partial charge in [0.05, 0.1) is 19.3 Å². The van der Waals surface area contributed by atoms with Crippen molar-refractivity contribution in [2.75, 3.05) is 26.8 Å². The lowest BCUT2D eigenvalue weighted by molar-refractivity contribution is -0.157. The molecule has 28 nitrogen and oxygen atoms in total. The topological polar surface area (TPSA) is 432 Å². The van der Waals surface area contributed by atoms with Crippen LogP contribution in [0.5, 0.6) is 0 Å². The Morgan fingerprint density at radius 1 is 0.616 bits per heavy atom. The van der Waals surface area contributed by atoms with Gasteiger partial charge in [0.1, 0.15) is 66.5 Å². The molecule has 17 N–H and O–H groups in total. The van der Waals surface area contributed by atoms with Gasteiger partial charge in [-0.2, -0.15) is 0 Å². The van der Waals surface area contributed by atoms with E-state index in [-0.39, 0.29) is 38.2 Å². The minimum absolute atomic E-state index is 0.0780. The second kappa shape index (κ2) is 37.9. The van der Waals surface area contributed by atoms with Crippen LogP contribution in [0.3, 0.4) is 0 Å². The highest BCUT2D eigenvalue weighted by Gasteiger charge is 2.41. The Bertz CT molecular complexity index is 2440. The third-order valence-corrected chi connectivity index (χ3v) is 15.7. The van der Waals surface area contributed by atoms with E-state index in [0.29, 0.717) is 32.1 Å². The van der Waals surface area contributed by atoms with E-state index in [0.717, 1.165) is 5.56 Å². The van der Waals surface area contributed by atoms with Crippen molar-refractivity contribution >= 4 is 71.0 Å². The average molecular weight is 1220 g/mol. The van der Waals surface area contributed by atoms with Gasteiger partial charge in [0, 0.05) is 6.54 Å². The van der Waals surface area contributed by atoms with Gasteiger partial charge in [-0.15, -0.1) is 0 Å². The largest absolute Gasteiger partial charge is 0.458 e. The first-order valence-electron chi connectivity index (χ1n) is 29.9. The van der Waals surface area contributed by atoms with Crippen LogP contribution in [0.25, 0.3) is 0 Å². The Hall–Kier alpha value is -7.46. The summed E-state index contributed by atoms with van der Waals surface area (Å²) in [5.74, 6) is -11.9. The molecule has 0 bridgehead atoms. The zero-order valence-electron chi connectivity index (χ0n) is 52.0. The Morgan fingerprint density at radius 2 is 1.09 bits per heavy atom. The molecule has 0 aliphatic carbocycles. The summed E-state index contributed by atoms with van der Waals surface area (Å²) in [5.41, 5.74) is 6.35. The molecule has 1 fully saturated rings. The van der Waals surface area contributed by atoms with E-state index in [4.69, 9.17) is 15.9 Å². The number of guanidine groups is 1. The van der Waals surface area contributed by atoms with Gasteiger partial charge in [0.25, 0.3) is 0 Å². The number of esters is 1. The third kappa shape index (κ3) is 23.4. The number of aliphatic hydroxyl groups excluding tert-OH is 2. The number of nitrogens with one attached hydrogen (secondary N) is 13. The number of aliphatic hydroxyl groups is 2. The van der Waals surface area contributed by atoms with Gasteiger partial charge in [-0.1, -0.05) is 125 Å². The highest BCUT2D eigenvalue weighted by atomic mass is 16.5. The van der Waals surface area contributed by atoms with Gasteiger partial charge in [-0.25, -0.2) is 4.79 Å². The molecule has 0 unspecified atom stereocenters. The van der Waals surface area contributed by atoms with E-state index < -0.39 is 174 Å². The number of hydrogen-bond donors (Lipinski definition) is 16. The van der Waals surface area contributed by atoms with Crippen LogP contribution in [0, 0.1) is 29.1 Å². The van der Waals surface area contributed by atoms with Crippen LogP contribution in [0.15, 0.2) is 30.3 Å². The van der Waals surface area contributed by atoms with E-state index in [1.807, 2.05) is 37.3 Å². The van der Waals surface area contributed by atoms with Crippen LogP contribution in [0.1, 0.15) is 133 Å². The van der Waals surface area contributed by atoms with Crippen molar-refractivity contribution in [1.82, 2.24) is 63.8 Å². The molecule has 0 saturated carbocycles. The summed E-state index contributed by atoms with van der Waals surface area (Å²) in [7, 11) is 1.61. The number of amides is 10. The Balaban J connectivity index is 2.43. The summed E-state index contributed by atoms with van der Waals surface area (Å²) in [4.78, 5) is 153. The molecule has 1 aliphatic heterocycles. The number of benzene rings is 1. The summed E-state index contributed by atoms with van der Waals surface area (Å²) >= 11 is 0. The first kappa shape index (κ1) is 74.6. The summed E-state index contributed by atoms with van der Waals surface area (Å²) in [5, 5.41) is 60.0. The molecule has 0 spiro atoms. The number of nitrogens with two attached hydrogens (primary N) is 1. The van der Waals surface area contributed by atoms with Crippen LogP contribution >= 0.6 is 0 Å². The van der Waals surface area contributed by atoms with Gasteiger partial charge < -0.3 is 84.5 Å². The van der Waals surface area contributed by atoms with Crippen molar-refractivity contribution in [1.29, 1.82) is 5.41 Å². The van der Waals surface area contributed by atoms with Gasteiger partial charge in [0.15, 0.2) is 5.96 Å². The van der Waals surface area contributed by atoms with Crippen molar-refractivity contribution < 1.29 is 67.7 Å². The molecule has 0 radical (unpaired) electrons. The lowest BCUT2D eigenvalue weighted by atomic mass is 9.94. The molecular weight excluding hydrogens is 1120 g/mol. The number of hydrogen-bond acceptors (Lipinski definition) is 16. The van der Waals surface area contributed by atoms with Crippen molar-refractivity contribution in [2.24, 2.45) is 29.4 Å². The minimum Gasteiger partial charge on any atom is -0.458 e. The van der Waals surface area contributed by atoms with Crippen LogP contribution in [-0.4, -0.2) is 181 Å². The van der Waals surface area contributed by atoms with Crippen LogP contribution in [-0.2, 0) is 63.9 Å². The number of carbonyl (C=O) groups excluding carboxylic acids is 11. The molecule has 1 aromatic rings. The summed E-state index contributed by atoms with van der Waals surface area (Å²) < 4.78 is 5.70. The van der Waals surface area contributed by atoms with Gasteiger partial charge >= 0.3 is 5.97 Å². The third-order valence-electron chi connectivity index (χ3n) is 15.7. The van der Waals surface area contributed by atoms with Gasteiger partial charge in [0.2, 0.25) is 59.1 Å². The Morgan fingerprint density at radius 3 is 1.57 bits per heavy atom. The summed E-state index contributed by atoms with van der Waals surface area (Å²) in [6.45, 7) is 16.3. The van der Waals surface area contributed by atoms with E-state index in [1.165, 1.54) is 13.8 Å². The van der Waals surface area contributed by atoms with Crippen LogP contribution in [0.4, 0.5) is 0 Å². The normalized spacial score (nSPS) is 21.3. The Kier molecular flexibility index (Phi) is 32.9. The lowest BCUT2D eigenvalue weighted by Crippen LogP contribution is -2.63. The minimum atomic E-state index is -1.79. The van der Waals surface area contributed by atoms with Crippen molar-refractivity contribution in [3.8, 4) is 0 Å². The highest BCUT2D eigenvalue weighted by molar-refractivity contribution is 5.99. The first-order valence-corrected chi connectivity index (χ1v) is 29.9. The molecule has 2 rings (SSSR count). The molecular formula is C58H98N14O14. The van der Waals surface area contributed by atoms with Crippen molar-refractivity contribution in [2.45, 2.75) is 207 Å². The van der Waals surface area contributed by atoms with Crippen molar-refractivity contribution in [3.05, 3.63) is 35.9 Å². The predicted molar refractivity (Wildman–Crippen MR) is 320 cm³/mol. The molecule has 484 valence electrons. The molecule has 0 aromatic heterocycles. The number of rotatable bonds is 33. The zero-order chi connectivity index (χ0) is 65.0. The second-order valence-corrected chi connectivity index (χ2v) is 22.3. The summed E-state index contributed by atoms with van der Waals surface area (Å²) in [6, 6.07) is -5.55. The molecule has 86 heavy (non-hydrogen) atoms. The number of carbonyl (C=O) groups is 11. The zero-order valence-corrected chi connectivity index (χ0v) is 52.0. The smallest absolute Gasteiger partial charge is 0.329 e.